The Balaban J connectivity index is 1.72. The van der Waals surface area contributed by atoms with E-state index in [4.69, 9.17) is 21.1 Å². The molecule has 2 aromatic heterocycles. The van der Waals surface area contributed by atoms with Crippen LogP contribution in [0.15, 0.2) is 28.8 Å². The summed E-state index contributed by atoms with van der Waals surface area (Å²) in [4.78, 5) is 28.8. The Labute approximate surface area is 165 Å². The van der Waals surface area contributed by atoms with Crippen LogP contribution in [0, 0.1) is 13.8 Å². The number of halogens is 1. The molecule has 3 aromatic rings. The molecule has 0 spiro atoms. The highest BCUT2D eigenvalue weighted by Gasteiger charge is 2.16. The van der Waals surface area contributed by atoms with E-state index in [1.807, 2.05) is 13.0 Å². The van der Waals surface area contributed by atoms with Gasteiger partial charge >= 0.3 is 6.01 Å². The minimum absolute atomic E-state index is 0.00812. The molecule has 0 atom stereocenters. The van der Waals surface area contributed by atoms with E-state index >= 15 is 0 Å². The summed E-state index contributed by atoms with van der Waals surface area (Å²) in [7, 11) is 0. The molecule has 0 aliphatic heterocycles. The van der Waals surface area contributed by atoms with Gasteiger partial charge < -0.3 is 20.2 Å². The fourth-order valence-electron chi connectivity index (χ4n) is 2.28. The largest absolute Gasteiger partial charge is 0.418 e. The van der Waals surface area contributed by atoms with Crippen LogP contribution in [-0.4, -0.2) is 44.1 Å². The summed E-state index contributed by atoms with van der Waals surface area (Å²) in [6.07, 6.45) is 1.28. The zero-order valence-electron chi connectivity index (χ0n) is 15.2. The number of aliphatic hydroxyl groups excluding tert-OH is 1. The minimum Gasteiger partial charge on any atom is -0.418 e. The maximum atomic E-state index is 12.4. The molecule has 146 valence electrons. The Bertz CT molecular complexity index is 972. The van der Waals surface area contributed by atoms with Gasteiger partial charge in [-0.15, -0.1) is 0 Å². The van der Waals surface area contributed by atoms with Crippen LogP contribution in [0.1, 0.15) is 21.9 Å². The van der Waals surface area contributed by atoms with Crippen molar-refractivity contribution in [2.24, 2.45) is 0 Å². The van der Waals surface area contributed by atoms with Crippen molar-refractivity contribution in [3.8, 4) is 0 Å². The first kappa shape index (κ1) is 19.5. The number of anilines is 4. The zero-order chi connectivity index (χ0) is 20.1. The number of amides is 1. The standard InChI is InChI=1S/C17H18ClN7O3/c1-9-4-3-5-11(18)13(9)23-14(27)12-8-20-17(28-12)25-16-22-10(2)21-15(24-16)19-6-7-26/h3-5,8,26H,6-7H2,1-2H3,(H,23,27)(H2,19,20,21,22,24,25). The maximum absolute atomic E-state index is 12.4. The van der Waals surface area contributed by atoms with Gasteiger partial charge in [-0.2, -0.15) is 15.0 Å². The van der Waals surface area contributed by atoms with Crippen molar-refractivity contribution in [2.45, 2.75) is 13.8 Å². The molecule has 3 rings (SSSR count). The third-order valence-corrected chi connectivity index (χ3v) is 3.87. The molecule has 0 bridgehead atoms. The molecule has 1 amide bonds. The van der Waals surface area contributed by atoms with Gasteiger partial charge in [-0.25, -0.2) is 4.98 Å². The van der Waals surface area contributed by atoms with Gasteiger partial charge in [0.1, 0.15) is 5.82 Å². The van der Waals surface area contributed by atoms with Gasteiger partial charge in [0, 0.05) is 6.54 Å². The Morgan fingerprint density at radius 2 is 2.00 bits per heavy atom. The molecule has 0 saturated heterocycles. The lowest BCUT2D eigenvalue weighted by molar-refractivity contribution is 0.0997. The SMILES string of the molecule is Cc1nc(NCCO)nc(Nc2ncc(C(=O)Nc3c(C)cccc3Cl)o2)n1. The average Bonchev–Trinajstić information content (AvgIpc) is 3.11. The van der Waals surface area contributed by atoms with Crippen molar-refractivity contribution in [1.29, 1.82) is 0 Å². The molecule has 4 N–H and O–H groups in total. The van der Waals surface area contributed by atoms with Crippen LogP contribution in [0.25, 0.3) is 0 Å². The van der Waals surface area contributed by atoms with E-state index in [1.54, 1.807) is 19.1 Å². The molecule has 28 heavy (non-hydrogen) atoms. The second-order valence-corrected chi connectivity index (χ2v) is 6.13. The number of hydrogen-bond donors (Lipinski definition) is 4. The van der Waals surface area contributed by atoms with Crippen molar-refractivity contribution < 1.29 is 14.3 Å². The number of aromatic nitrogens is 4. The summed E-state index contributed by atoms with van der Waals surface area (Å²) in [6, 6.07) is 5.35. The average molecular weight is 404 g/mol. The Hall–Kier alpha value is -3.24. The molecule has 0 fully saturated rings. The second-order valence-electron chi connectivity index (χ2n) is 5.72. The van der Waals surface area contributed by atoms with Gasteiger partial charge in [-0.05, 0) is 25.5 Å². The third kappa shape index (κ3) is 4.72. The number of carbonyl (C=O) groups excluding carboxylic acids is 1. The molecule has 11 heteroatoms. The van der Waals surface area contributed by atoms with Crippen LogP contribution in [0.3, 0.4) is 0 Å². The monoisotopic (exact) mass is 403 g/mol. The third-order valence-electron chi connectivity index (χ3n) is 3.55. The normalized spacial score (nSPS) is 10.6. The molecule has 0 aliphatic carbocycles. The van der Waals surface area contributed by atoms with Crippen LogP contribution in [0.5, 0.6) is 0 Å². The van der Waals surface area contributed by atoms with Gasteiger partial charge in [0.15, 0.2) is 0 Å². The summed E-state index contributed by atoms with van der Waals surface area (Å²) < 4.78 is 5.42. The fourth-order valence-corrected chi connectivity index (χ4v) is 2.55. The lowest BCUT2D eigenvalue weighted by atomic mass is 10.2. The lowest BCUT2D eigenvalue weighted by Crippen LogP contribution is -2.12. The van der Waals surface area contributed by atoms with E-state index in [-0.39, 0.29) is 24.3 Å². The van der Waals surface area contributed by atoms with Crippen LogP contribution in [-0.2, 0) is 0 Å². The predicted molar refractivity (Wildman–Crippen MR) is 104 cm³/mol. The molecule has 1 aromatic carbocycles. The van der Waals surface area contributed by atoms with E-state index in [0.717, 1.165) is 5.56 Å². The van der Waals surface area contributed by atoms with Crippen molar-refractivity contribution in [3.05, 3.63) is 46.6 Å². The first-order valence-corrected chi connectivity index (χ1v) is 8.71. The summed E-state index contributed by atoms with van der Waals surface area (Å²) >= 11 is 6.12. The van der Waals surface area contributed by atoms with Crippen LogP contribution in [0.2, 0.25) is 5.02 Å². The Morgan fingerprint density at radius 1 is 1.21 bits per heavy atom. The van der Waals surface area contributed by atoms with E-state index in [1.165, 1.54) is 6.20 Å². The number of rotatable bonds is 7. The van der Waals surface area contributed by atoms with Crippen molar-refractivity contribution >= 4 is 41.1 Å². The lowest BCUT2D eigenvalue weighted by Gasteiger charge is -2.08. The van der Waals surface area contributed by atoms with Crippen LogP contribution in [0.4, 0.5) is 23.6 Å². The number of carbonyl (C=O) groups is 1. The predicted octanol–water partition coefficient (Wildman–Crippen LogP) is 2.53. The molecule has 0 aliphatic rings. The van der Waals surface area contributed by atoms with Crippen LogP contribution < -0.4 is 16.0 Å². The summed E-state index contributed by atoms with van der Waals surface area (Å²) in [5, 5.41) is 17.6. The number of nitrogens with one attached hydrogen (secondary N) is 3. The summed E-state index contributed by atoms with van der Waals surface area (Å²) in [6.45, 7) is 3.77. The number of benzene rings is 1. The minimum atomic E-state index is -0.492. The number of oxazole rings is 1. The number of aryl methyl sites for hydroxylation is 2. The molecule has 0 radical (unpaired) electrons. The van der Waals surface area contributed by atoms with Crippen LogP contribution >= 0.6 is 11.6 Å². The highest BCUT2D eigenvalue weighted by molar-refractivity contribution is 6.34. The Kier molecular flexibility index (Phi) is 6.02. The van der Waals surface area contributed by atoms with Crippen molar-refractivity contribution in [3.63, 3.8) is 0 Å². The number of hydrogen-bond acceptors (Lipinski definition) is 9. The van der Waals surface area contributed by atoms with Gasteiger partial charge in [-0.1, -0.05) is 23.7 Å². The molecule has 2 heterocycles. The van der Waals surface area contributed by atoms with E-state index in [0.29, 0.717) is 29.0 Å². The van der Waals surface area contributed by atoms with Gasteiger partial charge in [-0.3, -0.25) is 10.1 Å². The van der Waals surface area contributed by atoms with Crippen molar-refractivity contribution in [2.75, 3.05) is 29.1 Å². The number of para-hydroxylation sites is 1. The van der Waals surface area contributed by atoms with Gasteiger partial charge in [0.05, 0.1) is 23.5 Å². The molecule has 0 unspecified atom stereocenters. The summed E-state index contributed by atoms with van der Waals surface area (Å²) in [5.74, 6) is 0.434. The number of aliphatic hydroxyl groups is 1. The zero-order valence-corrected chi connectivity index (χ0v) is 15.9. The van der Waals surface area contributed by atoms with E-state index in [9.17, 15) is 4.79 Å². The first-order chi connectivity index (χ1) is 13.5. The molecular weight excluding hydrogens is 386 g/mol. The maximum Gasteiger partial charge on any atom is 0.302 e. The smallest absolute Gasteiger partial charge is 0.302 e. The van der Waals surface area contributed by atoms with E-state index in [2.05, 4.69) is 35.9 Å². The first-order valence-electron chi connectivity index (χ1n) is 8.33. The molecule has 10 nitrogen and oxygen atoms in total. The van der Waals surface area contributed by atoms with Gasteiger partial charge in [0.25, 0.3) is 5.91 Å². The second kappa shape index (κ2) is 8.63. The van der Waals surface area contributed by atoms with Gasteiger partial charge in [0.2, 0.25) is 17.7 Å². The highest BCUT2D eigenvalue weighted by Crippen LogP contribution is 2.26. The fraction of sp³-hybridized carbons (Fsp3) is 0.235. The number of nitrogens with zero attached hydrogens (tertiary/aromatic N) is 4. The summed E-state index contributed by atoms with van der Waals surface area (Å²) in [5.41, 5.74) is 1.33. The Morgan fingerprint density at radius 3 is 2.75 bits per heavy atom. The molecular formula is C17H18ClN7O3. The molecule has 0 saturated carbocycles. The van der Waals surface area contributed by atoms with Crippen molar-refractivity contribution in [1.82, 2.24) is 19.9 Å². The highest BCUT2D eigenvalue weighted by atomic mass is 35.5. The van der Waals surface area contributed by atoms with E-state index < -0.39 is 5.91 Å². The topological polar surface area (TPSA) is 138 Å². The quantitative estimate of drug-likeness (QED) is 0.468.